The second kappa shape index (κ2) is 18.2. The summed E-state index contributed by atoms with van der Waals surface area (Å²) in [6.07, 6.45) is 19.0. The lowest BCUT2D eigenvalue weighted by Gasteiger charge is -2.36. The van der Waals surface area contributed by atoms with Crippen molar-refractivity contribution < 1.29 is 28.6 Å². The van der Waals surface area contributed by atoms with E-state index in [0.29, 0.717) is 18.3 Å². The van der Waals surface area contributed by atoms with Gasteiger partial charge in [0.25, 0.3) is 0 Å². The molecule has 0 saturated carbocycles. The molecule has 0 fully saturated rings. The number of unbranched alkanes of at least 4 members (excludes halogenated alkanes) is 9. The topological polar surface area (TPSA) is 78.9 Å². The Morgan fingerprint density at radius 3 is 1.70 bits per heavy atom. The first kappa shape index (κ1) is 32.9. The third kappa shape index (κ3) is 15.0. The van der Waals surface area contributed by atoms with Crippen LogP contribution in [0.1, 0.15) is 137 Å². The normalized spacial score (nSPS) is 16.4. The zero-order valence-electron chi connectivity index (χ0n) is 24.1. The summed E-state index contributed by atoms with van der Waals surface area (Å²) in [6, 6.07) is 0. The van der Waals surface area contributed by atoms with E-state index in [-0.39, 0.29) is 25.2 Å². The maximum atomic E-state index is 12.7. The quantitative estimate of drug-likeness (QED) is 0.0971. The lowest BCUT2D eigenvalue weighted by Crippen LogP contribution is -2.50. The van der Waals surface area contributed by atoms with Crippen molar-refractivity contribution >= 4 is 17.9 Å². The lowest BCUT2D eigenvalue weighted by atomic mass is 9.89. The highest BCUT2D eigenvalue weighted by atomic mass is 16.8. The zero-order valence-corrected chi connectivity index (χ0v) is 24.1. The number of allylic oxidation sites excluding steroid dienone is 2. The van der Waals surface area contributed by atoms with E-state index in [1.54, 1.807) is 18.2 Å². The number of esters is 3. The molecule has 0 aromatic rings. The number of ether oxygens (including phenoxy) is 3. The molecule has 1 rings (SSSR count). The summed E-state index contributed by atoms with van der Waals surface area (Å²) >= 11 is 0. The largest absolute Gasteiger partial charge is 0.449 e. The van der Waals surface area contributed by atoms with Crippen LogP contribution < -0.4 is 0 Å². The number of hydrogen-bond donors (Lipinski definition) is 0. The van der Waals surface area contributed by atoms with Crippen LogP contribution in [-0.2, 0) is 28.6 Å². The standard InChI is InChI=1S/C31H52O6/c1-6-8-14-22-28(33)36-31(37-29(34)23-15-9-7-2)25-19-17-20-26(31)35-27(32)21-16-12-10-11-13-18-24-30(3,4)5/h17,19-20,25-26H,6-16,18,21-24H2,1-5H3. The maximum Gasteiger partial charge on any atom is 0.317 e. The second-order valence-corrected chi connectivity index (χ2v) is 11.4. The molecule has 0 radical (unpaired) electrons. The first-order chi connectivity index (χ1) is 17.6. The zero-order chi connectivity index (χ0) is 27.6. The van der Waals surface area contributed by atoms with E-state index in [1.807, 2.05) is 0 Å². The summed E-state index contributed by atoms with van der Waals surface area (Å²) < 4.78 is 17.2. The van der Waals surface area contributed by atoms with Gasteiger partial charge in [0.15, 0.2) is 0 Å². The third-order valence-corrected chi connectivity index (χ3v) is 6.45. The summed E-state index contributed by atoms with van der Waals surface area (Å²) in [5.74, 6) is -3.08. The van der Waals surface area contributed by atoms with E-state index >= 15 is 0 Å². The monoisotopic (exact) mass is 520 g/mol. The van der Waals surface area contributed by atoms with Crippen LogP contribution in [0.5, 0.6) is 0 Å². The second-order valence-electron chi connectivity index (χ2n) is 11.4. The van der Waals surface area contributed by atoms with Crippen LogP contribution in [0.4, 0.5) is 0 Å². The molecule has 37 heavy (non-hydrogen) atoms. The van der Waals surface area contributed by atoms with Crippen LogP contribution in [0.25, 0.3) is 0 Å². The van der Waals surface area contributed by atoms with E-state index in [2.05, 4.69) is 34.6 Å². The molecule has 0 spiro atoms. The summed E-state index contributed by atoms with van der Waals surface area (Å²) in [4.78, 5) is 37.9. The molecule has 0 aliphatic heterocycles. The molecular formula is C31H52O6. The van der Waals surface area contributed by atoms with Crippen LogP contribution in [0.2, 0.25) is 0 Å². The number of rotatable bonds is 19. The Morgan fingerprint density at radius 2 is 1.16 bits per heavy atom. The highest BCUT2D eigenvalue weighted by molar-refractivity contribution is 5.74. The average molecular weight is 521 g/mol. The minimum absolute atomic E-state index is 0.219. The average Bonchev–Trinajstić information content (AvgIpc) is 2.82. The Hall–Kier alpha value is -2.11. The Balaban J connectivity index is 2.66. The van der Waals surface area contributed by atoms with Crippen molar-refractivity contribution in [2.24, 2.45) is 5.41 Å². The Kier molecular flexibility index (Phi) is 16.2. The van der Waals surface area contributed by atoms with Gasteiger partial charge in [0.2, 0.25) is 6.10 Å². The molecule has 0 N–H and O–H groups in total. The maximum absolute atomic E-state index is 12.7. The van der Waals surface area contributed by atoms with Gasteiger partial charge in [-0.1, -0.05) is 105 Å². The van der Waals surface area contributed by atoms with E-state index in [4.69, 9.17) is 14.2 Å². The minimum Gasteiger partial charge on any atom is -0.449 e. The molecule has 1 aliphatic carbocycles. The van der Waals surface area contributed by atoms with E-state index in [0.717, 1.165) is 44.9 Å². The van der Waals surface area contributed by atoms with Crippen molar-refractivity contribution in [2.45, 2.75) is 149 Å². The van der Waals surface area contributed by atoms with Crippen molar-refractivity contribution in [3.05, 3.63) is 24.3 Å². The lowest BCUT2D eigenvalue weighted by molar-refractivity contribution is -0.239. The first-order valence-corrected chi connectivity index (χ1v) is 14.6. The minimum atomic E-state index is -1.76. The van der Waals surface area contributed by atoms with Crippen molar-refractivity contribution in [2.75, 3.05) is 0 Å². The molecule has 0 saturated heterocycles. The van der Waals surface area contributed by atoms with E-state index in [1.165, 1.54) is 31.8 Å². The first-order valence-electron chi connectivity index (χ1n) is 14.6. The van der Waals surface area contributed by atoms with Gasteiger partial charge in [-0.3, -0.25) is 14.4 Å². The molecule has 1 aliphatic rings. The van der Waals surface area contributed by atoms with Gasteiger partial charge in [-0.15, -0.1) is 0 Å². The Bertz CT molecular complexity index is 706. The fourth-order valence-electron chi connectivity index (χ4n) is 4.24. The van der Waals surface area contributed by atoms with Crippen LogP contribution in [-0.4, -0.2) is 29.8 Å². The highest BCUT2D eigenvalue weighted by Crippen LogP contribution is 2.30. The fourth-order valence-corrected chi connectivity index (χ4v) is 4.24. The van der Waals surface area contributed by atoms with Crippen molar-refractivity contribution in [3.63, 3.8) is 0 Å². The summed E-state index contributed by atoms with van der Waals surface area (Å²) in [7, 11) is 0. The van der Waals surface area contributed by atoms with Gasteiger partial charge < -0.3 is 14.2 Å². The molecule has 1 atom stereocenters. The van der Waals surface area contributed by atoms with Crippen LogP contribution >= 0.6 is 0 Å². The summed E-state index contributed by atoms with van der Waals surface area (Å²) in [5.41, 5.74) is 0.384. The molecule has 6 nitrogen and oxygen atoms in total. The Morgan fingerprint density at radius 1 is 0.676 bits per heavy atom. The molecule has 6 heteroatoms. The molecule has 0 amide bonds. The molecular weight excluding hydrogens is 468 g/mol. The predicted molar refractivity (Wildman–Crippen MR) is 148 cm³/mol. The molecule has 0 bridgehead atoms. The van der Waals surface area contributed by atoms with Gasteiger partial charge in [-0.05, 0) is 37.2 Å². The van der Waals surface area contributed by atoms with Gasteiger partial charge in [0, 0.05) is 25.3 Å². The fraction of sp³-hybridized carbons (Fsp3) is 0.774. The van der Waals surface area contributed by atoms with Gasteiger partial charge in [0.05, 0.1) is 0 Å². The van der Waals surface area contributed by atoms with Crippen molar-refractivity contribution in [1.29, 1.82) is 0 Å². The summed E-state index contributed by atoms with van der Waals surface area (Å²) in [5, 5.41) is 0. The van der Waals surface area contributed by atoms with Crippen molar-refractivity contribution in [3.8, 4) is 0 Å². The number of carbonyl (C=O) groups excluding carboxylic acids is 3. The van der Waals surface area contributed by atoms with E-state index in [9.17, 15) is 14.4 Å². The van der Waals surface area contributed by atoms with Gasteiger partial charge in [-0.25, -0.2) is 0 Å². The van der Waals surface area contributed by atoms with Crippen LogP contribution in [0, 0.1) is 5.41 Å². The van der Waals surface area contributed by atoms with Gasteiger partial charge in [-0.2, -0.15) is 0 Å². The molecule has 1 unspecified atom stereocenters. The van der Waals surface area contributed by atoms with Crippen molar-refractivity contribution in [1.82, 2.24) is 0 Å². The van der Waals surface area contributed by atoms with Crippen LogP contribution in [0.15, 0.2) is 24.3 Å². The van der Waals surface area contributed by atoms with Gasteiger partial charge >= 0.3 is 23.7 Å². The van der Waals surface area contributed by atoms with Gasteiger partial charge in [0.1, 0.15) is 0 Å². The van der Waals surface area contributed by atoms with Crippen LogP contribution in [0.3, 0.4) is 0 Å². The third-order valence-electron chi connectivity index (χ3n) is 6.45. The molecule has 0 heterocycles. The predicted octanol–water partition coefficient (Wildman–Crippen LogP) is 8.13. The van der Waals surface area contributed by atoms with E-state index < -0.39 is 23.8 Å². The number of carbonyl (C=O) groups is 3. The SMILES string of the molecule is CCCCCC(=O)OC1(OC(=O)CCCCC)C=CC=CC1OC(=O)CCCCCCCCC(C)(C)C. The molecule has 0 aromatic heterocycles. The summed E-state index contributed by atoms with van der Waals surface area (Å²) in [6.45, 7) is 10.9. The molecule has 212 valence electrons. The smallest absolute Gasteiger partial charge is 0.317 e. The highest BCUT2D eigenvalue weighted by Gasteiger charge is 2.47. The Labute approximate surface area is 225 Å². The number of hydrogen-bond acceptors (Lipinski definition) is 6. The molecule has 0 aromatic carbocycles.